The van der Waals surface area contributed by atoms with Gasteiger partial charge in [-0.1, -0.05) is 49.5 Å². The molecule has 19 nitrogen and oxygen atoms in total. The zero-order valence-electron chi connectivity index (χ0n) is 36.7. The molecular formula is C36H70B2N10O9S2. The Hall–Kier alpha value is -3.89. The molecule has 0 aliphatic heterocycles. The number of carboxylic acid groups (broad SMARTS) is 1. The van der Waals surface area contributed by atoms with E-state index in [1.165, 1.54) is 56.1 Å². The molecule has 2 atom stereocenters. The molecular weight excluding hydrogens is 802 g/mol. The Bertz CT molecular complexity index is 1390. The number of nitrogens with two attached hydrogens (primary N) is 1. The van der Waals surface area contributed by atoms with Crippen LogP contribution in [-0.4, -0.2) is 150 Å². The number of likely N-dealkylation sites (N-methyl/N-ethyl adjacent to an activating group) is 2. The molecule has 5 amide bonds. The smallest absolute Gasteiger partial charge is 0.373 e. The standard InChI is InChI=1S/C18H34BN5O4S.C14H28BN3O4.C4H8N2OS/c1-13(2)20-11-9-7-8-10-16(26)24(5)15(12-21-19(4)28)17(27)23-18(29-6)22-14(3)25;1-11(2)16-9-7-5-6-8-13(19)18(4)12(14(20)21)10-17-15(3)22;1-3(7)6-4(5)8-2/h15,20-21,28H,1,7-12H2,2-6H3,(H,22,23,25,27);12,16-17,22H,1,5-10H2,2-4H3,(H,20,21);1-2H3,(H2,5,6,7). The maximum Gasteiger partial charge on any atom is 0.373 e. The van der Waals surface area contributed by atoms with Crippen molar-refractivity contribution < 1.29 is 43.9 Å². The molecule has 0 rings (SSSR count). The van der Waals surface area contributed by atoms with Crippen LogP contribution in [0.1, 0.15) is 79.1 Å². The van der Waals surface area contributed by atoms with Gasteiger partial charge in [-0.3, -0.25) is 24.0 Å². The Balaban J connectivity index is -0.000000917. The molecule has 0 aliphatic rings. The molecule has 0 aromatic carbocycles. The van der Waals surface area contributed by atoms with Gasteiger partial charge in [0.05, 0.1) is 0 Å². The van der Waals surface area contributed by atoms with Gasteiger partial charge in [-0.05, 0) is 65.7 Å². The highest BCUT2D eigenvalue weighted by molar-refractivity contribution is 8.13. The molecule has 2 unspecified atom stereocenters. The molecule has 0 aromatic rings. The van der Waals surface area contributed by atoms with Crippen LogP contribution >= 0.6 is 23.5 Å². The number of nitrogens with one attached hydrogen (secondary N) is 5. The molecule has 0 radical (unpaired) electrons. The molecule has 336 valence electrons. The highest BCUT2D eigenvalue weighted by atomic mass is 32.2. The quantitative estimate of drug-likeness (QED) is 0.0284. The Morgan fingerprint density at radius 2 is 1.14 bits per heavy atom. The van der Waals surface area contributed by atoms with Crippen molar-refractivity contribution >= 4 is 83.5 Å². The van der Waals surface area contributed by atoms with Crippen LogP contribution in [0.2, 0.25) is 13.6 Å². The number of carbonyl (C=O) groups is 6. The van der Waals surface area contributed by atoms with Crippen molar-refractivity contribution in [1.29, 1.82) is 0 Å². The number of aliphatic imine (C=N–C) groups is 2. The third-order valence-electron chi connectivity index (χ3n) is 7.66. The summed E-state index contributed by atoms with van der Waals surface area (Å²) in [5, 5.41) is 42.4. The first-order chi connectivity index (χ1) is 27.5. The third-order valence-corrected chi connectivity index (χ3v) is 8.75. The topological polar surface area (TPSA) is 280 Å². The number of hydrogen-bond acceptors (Lipinski definition) is 14. The summed E-state index contributed by atoms with van der Waals surface area (Å²) in [6.07, 6.45) is 9.14. The first kappa shape index (κ1) is 59.4. The monoisotopic (exact) mass is 872 g/mol. The second kappa shape index (κ2) is 36.0. The number of carbonyl (C=O) groups excluding carboxylic acids is 5. The number of unbranched alkanes of at least 4 members (excludes halogenated alkanes) is 4. The van der Waals surface area contributed by atoms with Gasteiger partial charge in [-0.2, -0.15) is 9.98 Å². The maximum atomic E-state index is 12.6. The Morgan fingerprint density at radius 1 is 0.712 bits per heavy atom. The number of amides is 5. The average Bonchev–Trinajstić information content (AvgIpc) is 3.13. The van der Waals surface area contributed by atoms with E-state index in [1.807, 2.05) is 13.8 Å². The van der Waals surface area contributed by atoms with E-state index >= 15 is 0 Å². The molecule has 0 saturated heterocycles. The van der Waals surface area contributed by atoms with Crippen LogP contribution < -0.4 is 32.1 Å². The van der Waals surface area contributed by atoms with Crippen LogP contribution in [0.15, 0.2) is 34.5 Å². The highest BCUT2D eigenvalue weighted by Gasteiger charge is 2.28. The van der Waals surface area contributed by atoms with Gasteiger partial charge in [0.1, 0.15) is 12.1 Å². The molecule has 59 heavy (non-hydrogen) atoms. The van der Waals surface area contributed by atoms with Gasteiger partial charge >= 0.3 is 20.1 Å². The molecule has 0 saturated carbocycles. The number of aliphatic carboxylic acids is 1. The van der Waals surface area contributed by atoms with E-state index in [2.05, 4.69) is 49.5 Å². The normalized spacial score (nSPS) is 11.9. The fourth-order valence-electron chi connectivity index (χ4n) is 4.45. The minimum absolute atomic E-state index is 0.0117. The third kappa shape index (κ3) is 35.7. The zero-order chi connectivity index (χ0) is 46.1. The number of hydrogen-bond donors (Lipinski definition) is 9. The van der Waals surface area contributed by atoms with Gasteiger partial charge in [0.15, 0.2) is 10.3 Å². The predicted molar refractivity (Wildman–Crippen MR) is 243 cm³/mol. The van der Waals surface area contributed by atoms with Crippen molar-refractivity contribution in [2.45, 2.75) is 105 Å². The molecule has 0 aliphatic carbocycles. The summed E-state index contributed by atoms with van der Waals surface area (Å²) in [4.78, 5) is 79.7. The van der Waals surface area contributed by atoms with E-state index in [0.717, 1.165) is 68.3 Å². The van der Waals surface area contributed by atoms with Gasteiger partial charge < -0.3 is 57.1 Å². The van der Waals surface area contributed by atoms with Crippen LogP contribution in [0.3, 0.4) is 0 Å². The number of carboxylic acids is 1. The zero-order valence-corrected chi connectivity index (χ0v) is 38.3. The Kier molecular flexibility index (Phi) is 36.3. The summed E-state index contributed by atoms with van der Waals surface area (Å²) in [7, 11) is 1.37. The summed E-state index contributed by atoms with van der Waals surface area (Å²) in [6.45, 7) is 18.7. The Labute approximate surface area is 360 Å². The van der Waals surface area contributed by atoms with Crippen molar-refractivity contribution in [3.63, 3.8) is 0 Å². The molecule has 0 heterocycles. The fraction of sp³-hybridized carbons (Fsp3) is 0.667. The van der Waals surface area contributed by atoms with Crippen LogP contribution in [0.5, 0.6) is 0 Å². The van der Waals surface area contributed by atoms with E-state index in [1.54, 1.807) is 19.6 Å². The molecule has 0 aromatic heterocycles. The van der Waals surface area contributed by atoms with Crippen molar-refractivity contribution in [3.05, 3.63) is 24.6 Å². The number of nitrogens with zero attached hydrogens (tertiary/aromatic N) is 4. The van der Waals surface area contributed by atoms with Gasteiger partial charge in [0.25, 0.3) is 5.91 Å². The van der Waals surface area contributed by atoms with E-state index in [-0.39, 0.29) is 41.9 Å². The number of thioether (sulfide) groups is 2. The van der Waals surface area contributed by atoms with Gasteiger partial charge in [0.2, 0.25) is 23.6 Å². The van der Waals surface area contributed by atoms with E-state index in [9.17, 15) is 33.8 Å². The summed E-state index contributed by atoms with van der Waals surface area (Å²) in [6, 6.07) is -1.87. The van der Waals surface area contributed by atoms with E-state index in [0.29, 0.717) is 24.4 Å². The minimum Gasteiger partial charge on any atom is -0.480 e. The largest absolute Gasteiger partial charge is 0.480 e. The molecule has 0 bridgehead atoms. The van der Waals surface area contributed by atoms with Crippen molar-refractivity contribution in [2.24, 2.45) is 15.7 Å². The fourth-order valence-corrected chi connectivity index (χ4v) is 5.10. The summed E-state index contributed by atoms with van der Waals surface area (Å²) in [5.41, 5.74) is 7.00. The highest BCUT2D eigenvalue weighted by Crippen LogP contribution is 2.09. The van der Waals surface area contributed by atoms with Crippen LogP contribution in [-0.2, 0) is 28.8 Å². The van der Waals surface area contributed by atoms with Crippen molar-refractivity contribution in [1.82, 2.24) is 36.2 Å². The van der Waals surface area contributed by atoms with Crippen molar-refractivity contribution in [3.8, 4) is 0 Å². The lowest BCUT2D eigenvalue weighted by Gasteiger charge is -2.26. The van der Waals surface area contributed by atoms with Crippen molar-refractivity contribution in [2.75, 3.05) is 52.8 Å². The molecule has 0 spiro atoms. The second-order valence-electron chi connectivity index (χ2n) is 13.4. The molecule has 23 heteroatoms. The van der Waals surface area contributed by atoms with Gasteiger partial charge in [-0.25, -0.2) is 4.79 Å². The summed E-state index contributed by atoms with van der Waals surface area (Å²) < 4.78 is 0. The molecule has 10 N–H and O–H groups in total. The van der Waals surface area contributed by atoms with Crippen LogP contribution in [0.4, 0.5) is 0 Å². The number of allylic oxidation sites excluding steroid dienone is 2. The lowest BCUT2D eigenvalue weighted by atomic mass is 9.88. The van der Waals surface area contributed by atoms with E-state index < -0.39 is 38.1 Å². The molecule has 0 fully saturated rings. The maximum absolute atomic E-state index is 12.6. The van der Waals surface area contributed by atoms with Crippen LogP contribution in [0.25, 0.3) is 0 Å². The first-order valence-corrected chi connectivity index (χ1v) is 21.6. The number of amidine groups is 2. The van der Waals surface area contributed by atoms with Crippen LogP contribution in [0, 0.1) is 0 Å². The van der Waals surface area contributed by atoms with E-state index in [4.69, 9.17) is 15.9 Å². The minimum atomic E-state index is -1.09. The lowest BCUT2D eigenvalue weighted by molar-refractivity contribution is -0.148. The van der Waals surface area contributed by atoms with Gasteiger partial charge in [-0.15, -0.1) is 0 Å². The first-order valence-electron chi connectivity index (χ1n) is 19.2. The average molecular weight is 873 g/mol. The van der Waals surface area contributed by atoms with Gasteiger partial charge in [0, 0.05) is 78.4 Å². The summed E-state index contributed by atoms with van der Waals surface area (Å²) in [5.74, 6) is -2.63. The Morgan fingerprint density at radius 3 is 1.46 bits per heavy atom. The lowest BCUT2D eigenvalue weighted by Crippen LogP contribution is -2.50. The summed E-state index contributed by atoms with van der Waals surface area (Å²) >= 11 is 2.38. The SMILES string of the molecule is C=C(C)NCCCCCC(=O)N(C)C(CNB(C)O)C(=O)N=C(NC(C)=O)SC.C=C(C)NCCCCCC(=O)N(C)C(CNB(C)O)C(=O)O.CSC(N)=NC(C)=O. The second-order valence-corrected chi connectivity index (χ2v) is 15.0. The number of rotatable bonds is 24. The predicted octanol–water partition coefficient (Wildman–Crippen LogP) is 1.07.